The average Bonchev–Trinajstić information content (AvgIpc) is 2.13. The Hall–Kier alpha value is -1.38. The normalized spacial score (nSPS) is 11.3. The third-order valence-electron chi connectivity index (χ3n) is 1.98. The zero-order valence-corrected chi connectivity index (χ0v) is 10.1. The maximum absolute atomic E-state index is 13.0. The second kappa shape index (κ2) is 4.64. The minimum absolute atomic E-state index is 0.0274. The quantitative estimate of drug-likeness (QED) is 0.735. The minimum atomic E-state index is -0.395. The first kappa shape index (κ1) is 12.7. The monoisotopic (exact) mass is 224 g/mol. The zero-order valence-electron chi connectivity index (χ0n) is 10.1. The maximum Gasteiger partial charge on any atom is 0.163 e. The van der Waals surface area contributed by atoms with Crippen LogP contribution in [0.25, 0.3) is 0 Å². The van der Waals surface area contributed by atoms with Gasteiger partial charge in [0.15, 0.2) is 5.78 Å². The van der Waals surface area contributed by atoms with Crippen molar-refractivity contribution in [2.75, 3.05) is 6.61 Å². The largest absolute Gasteiger partial charge is 0.492 e. The molecular weight excluding hydrogens is 207 g/mol. The lowest BCUT2D eigenvalue weighted by molar-refractivity contribution is 0.101. The fraction of sp³-hybridized carbons (Fsp3) is 0.462. The second-order valence-corrected chi connectivity index (χ2v) is 5.05. The number of ether oxygens (including phenoxy) is 1. The van der Waals surface area contributed by atoms with Crippen molar-refractivity contribution in [2.24, 2.45) is 5.41 Å². The Labute approximate surface area is 95.4 Å². The van der Waals surface area contributed by atoms with Crippen molar-refractivity contribution in [1.29, 1.82) is 0 Å². The van der Waals surface area contributed by atoms with E-state index in [0.29, 0.717) is 17.9 Å². The summed E-state index contributed by atoms with van der Waals surface area (Å²) in [4.78, 5) is 11.3. The summed E-state index contributed by atoms with van der Waals surface area (Å²) >= 11 is 0. The van der Waals surface area contributed by atoms with Gasteiger partial charge < -0.3 is 4.74 Å². The van der Waals surface area contributed by atoms with E-state index in [0.717, 1.165) is 0 Å². The molecule has 0 heterocycles. The SMILES string of the molecule is CC(=O)c1ccc(F)cc1OCC(C)(C)C. The van der Waals surface area contributed by atoms with Crippen LogP contribution in [0.2, 0.25) is 0 Å². The minimum Gasteiger partial charge on any atom is -0.492 e. The van der Waals surface area contributed by atoms with Gasteiger partial charge in [-0.3, -0.25) is 4.79 Å². The van der Waals surface area contributed by atoms with E-state index >= 15 is 0 Å². The molecule has 0 amide bonds. The van der Waals surface area contributed by atoms with Crippen LogP contribution in [0, 0.1) is 11.2 Å². The van der Waals surface area contributed by atoms with Gasteiger partial charge in [0.1, 0.15) is 11.6 Å². The standard InChI is InChI=1S/C13H17FO2/c1-9(15)11-6-5-10(14)7-12(11)16-8-13(2,3)4/h5-7H,8H2,1-4H3. The maximum atomic E-state index is 13.0. The number of hydrogen-bond acceptors (Lipinski definition) is 2. The van der Waals surface area contributed by atoms with Crippen molar-refractivity contribution in [2.45, 2.75) is 27.7 Å². The molecule has 0 aliphatic carbocycles. The molecule has 3 heteroatoms. The Morgan fingerprint density at radius 2 is 2.00 bits per heavy atom. The lowest BCUT2D eigenvalue weighted by atomic mass is 9.98. The molecule has 2 nitrogen and oxygen atoms in total. The predicted molar refractivity (Wildman–Crippen MR) is 61.4 cm³/mol. The first-order valence-electron chi connectivity index (χ1n) is 5.23. The molecule has 0 radical (unpaired) electrons. The number of carbonyl (C=O) groups is 1. The highest BCUT2D eigenvalue weighted by molar-refractivity contribution is 5.96. The molecular formula is C13H17FO2. The van der Waals surface area contributed by atoms with E-state index in [1.54, 1.807) is 0 Å². The van der Waals surface area contributed by atoms with E-state index < -0.39 is 5.82 Å². The highest BCUT2D eigenvalue weighted by atomic mass is 19.1. The fourth-order valence-electron chi connectivity index (χ4n) is 1.20. The van der Waals surface area contributed by atoms with Crippen LogP contribution in [0.1, 0.15) is 38.1 Å². The highest BCUT2D eigenvalue weighted by Crippen LogP contribution is 2.23. The Morgan fingerprint density at radius 3 is 2.50 bits per heavy atom. The first-order chi connectivity index (χ1) is 7.29. The molecule has 1 aromatic carbocycles. The molecule has 0 N–H and O–H groups in total. The Kier molecular flexibility index (Phi) is 3.68. The van der Waals surface area contributed by atoms with Crippen LogP contribution in [0.5, 0.6) is 5.75 Å². The van der Waals surface area contributed by atoms with Crippen LogP contribution in [0.15, 0.2) is 18.2 Å². The van der Waals surface area contributed by atoms with Gasteiger partial charge >= 0.3 is 0 Å². The van der Waals surface area contributed by atoms with Gasteiger partial charge in [-0.05, 0) is 24.5 Å². The summed E-state index contributed by atoms with van der Waals surface area (Å²) in [5.74, 6) is -0.194. The molecule has 88 valence electrons. The summed E-state index contributed by atoms with van der Waals surface area (Å²) < 4.78 is 18.5. The molecule has 0 bridgehead atoms. The van der Waals surface area contributed by atoms with Crippen LogP contribution in [0.3, 0.4) is 0 Å². The van der Waals surface area contributed by atoms with Crippen LogP contribution in [-0.4, -0.2) is 12.4 Å². The summed E-state index contributed by atoms with van der Waals surface area (Å²) in [5.41, 5.74) is 0.394. The smallest absolute Gasteiger partial charge is 0.163 e. The van der Waals surface area contributed by atoms with Crippen molar-refractivity contribution in [1.82, 2.24) is 0 Å². The molecule has 0 spiro atoms. The molecule has 0 aliphatic heterocycles. The summed E-state index contributed by atoms with van der Waals surface area (Å²) in [7, 11) is 0. The van der Waals surface area contributed by atoms with Crippen LogP contribution >= 0.6 is 0 Å². The van der Waals surface area contributed by atoms with E-state index in [4.69, 9.17) is 4.74 Å². The number of halogens is 1. The van der Waals surface area contributed by atoms with Crippen molar-refractivity contribution in [3.05, 3.63) is 29.6 Å². The van der Waals surface area contributed by atoms with Gasteiger partial charge in [0.2, 0.25) is 0 Å². The summed E-state index contributed by atoms with van der Waals surface area (Å²) in [5, 5.41) is 0. The van der Waals surface area contributed by atoms with Crippen molar-refractivity contribution < 1.29 is 13.9 Å². The molecule has 0 aromatic heterocycles. The molecule has 0 fully saturated rings. The Balaban J connectivity index is 2.93. The molecule has 0 unspecified atom stereocenters. The average molecular weight is 224 g/mol. The van der Waals surface area contributed by atoms with Gasteiger partial charge in [0.05, 0.1) is 12.2 Å². The third-order valence-corrected chi connectivity index (χ3v) is 1.98. The van der Waals surface area contributed by atoms with Gasteiger partial charge in [-0.2, -0.15) is 0 Å². The first-order valence-corrected chi connectivity index (χ1v) is 5.23. The van der Waals surface area contributed by atoms with E-state index in [9.17, 15) is 9.18 Å². The third kappa shape index (κ3) is 3.65. The van der Waals surface area contributed by atoms with Gasteiger partial charge in [0, 0.05) is 6.07 Å². The van der Waals surface area contributed by atoms with Crippen LogP contribution < -0.4 is 4.74 Å². The topological polar surface area (TPSA) is 26.3 Å². The molecule has 1 rings (SSSR count). The van der Waals surface area contributed by atoms with E-state index in [1.165, 1.54) is 25.1 Å². The Bertz CT molecular complexity index is 391. The lowest BCUT2D eigenvalue weighted by Gasteiger charge is -2.19. The molecule has 0 saturated heterocycles. The number of hydrogen-bond donors (Lipinski definition) is 0. The van der Waals surface area contributed by atoms with E-state index in [-0.39, 0.29) is 11.2 Å². The molecule has 0 atom stereocenters. The molecule has 0 saturated carbocycles. The number of carbonyl (C=O) groups excluding carboxylic acids is 1. The summed E-state index contributed by atoms with van der Waals surface area (Å²) in [6.45, 7) is 7.92. The van der Waals surface area contributed by atoms with Crippen molar-refractivity contribution in [3.63, 3.8) is 0 Å². The zero-order chi connectivity index (χ0) is 12.3. The summed E-state index contributed by atoms with van der Waals surface area (Å²) in [6, 6.07) is 3.97. The number of Topliss-reactive ketones (excluding diaryl/α,β-unsaturated/α-hetero) is 1. The van der Waals surface area contributed by atoms with Crippen molar-refractivity contribution in [3.8, 4) is 5.75 Å². The van der Waals surface area contributed by atoms with Gasteiger partial charge in [0.25, 0.3) is 0 Å². The number of ketones is 1. The predicted octanol–water partition coefficient (Wildman–Crippen LogP) is 3.45. The molecule has 16 heavy (non-hydrogen) atoms. The van der Waals surface area contributed by atoms with Crippen molar-refractivity contribution >= 4 is 5.78 Å². The van der Waals surface area contributed by atoms with E-state index in [2.05, 4.69) is 0 Å². The molecule has 0 aliphatic rings. The summed E-state index contributed by atoms with van der Waals surface area (Å²) in [6.07, 6.45) is 0. The van der Waals surface area contributed by atoms with Gasteiger partial charge in [-0.15, -0.1) is 0 Å². The number of rotatable bonds is 3. The van der Waals surface area contributed by atoms with Gasteiger partial charge in [-0.25, -0.2) is 4.39 Å². The highest BCUT2D eigenvalue weighted by Gasteiger charge is 2.15. The van der Waals surface area contributed by atoms with Gasteiger partial charge in [-0.1, -0.05) is 20.8 Å². The van der Waals surface area contributed by atoms with Crippen LogP contribution in [-0.2, 0) is 0 Å². The fourth-order valence-corrected chi connectivity index (χ4v) is 1.20. The molecule has 1 aromatic rings. The van der Waals surface area contributed by atoms with Crippen LogP contribution in [0.4, 0.5) is 4.39 Å². The Morgan fingerprint density at radius 1 is 1.38 bits per heavy atom. The second-order valence-electron chi connectivity index (χ2n) is 5.05. The lowest BCUT2D eigenvalue weighted by Crippen LogP contribution is -2.18. The van der Waals surface area contributed by atoms with E-state index in [1.807, 2.05) is 20.8 Å². The number of benzene rings is 1.